The number of thioether (sulfide) groups is 1. The molecule has 0 unspecified atom stereocenters. The van der Waals surface area contributed by atoms with Gasteiger partial charge in [-0.1, -0.05) is 18.3 Å². The minimum atomic E-state index is 0.00782. The zero-order chi connectivity index (χ0) is 7.98. The maximum atomic E-state index is 10.8. The Kier molecular flexibility index (Phi) is 5.35. The van der Waals surface area contributed by atoms with Gasteiger partial charge >= 0.3 is 0 Å². The van der Waals surface area contributed by atoms with Gasteiger partial charge in [-0.2, -0.15) is 0 Å². The summed E-state index contributed by atoms with van der Waals surface area (Å²) in [4.78, 5) is 10.8. The van der Waals surface area contributed by atoms with Crippen LogP contribution in [0.2, 0.25) is 0 Å². The van der Waals surface area contributed by atoms with Gasteiger partial charge in [-0.3, -0.25) is 4.79 Å². The number of ether oxygens (including phenoxy) is 1. The normalized spacial score (nSPS) is 9.40. The van der Waals surface area contributed by atoms with E-state index in [9.17, 15) is 4.79 Å². The van der Waals surface area contributed by atoms with Crippen LogP contribution in [0.5, 0.6) is 0 Å². The van der Waals surface area contributed by atoms with Gasteiger partial charge in [-0.25, -0.2) is 0 Å². The van der Waals surface area contributed by atoms with Gasteiger partial charge in [-0.05, 0) is 19.4 Å². The van der Waals surface area contributed by atoms with Crippen molar-refractivity contribution in [3.05, 3.63) is 12.2 Å². The lowest BCUT2D eigenvalue weighted by Gasteiger charge is -1.98. The molecule has 10 heavy (non-hydrogen) atoms. The molecule has 2 nitrogen and oxygen atoms in total. The van der Waals surface area contributed by atoms with Crippen molar-refractivity contribution in [1.82, 2.24) is 0 Å². The van der Waals surface area contributed by atoms with Crippen LogP contribution in [0.1, 0.15) is 13.8 Å². The van der Waals surface area contributed by atoms with E-state index in [-0.39, 0.29) is 5.12 Å². The second-order valence-corrected chi connectivity index (χ2v) is 2.72. The summed E-state index contributed by atoms with van der Waals surface area (Å²) in [5, 5.41) is 0.00782. The van der Waals surface area contributed by atoms with E-state index in [2.05, 4.69) is 6.58 Å². The molecule has 0 amide bonds. The molecular weight excluding hydrogens is 148 g/mol. The number of carbonyl (C=O) groups excluding carboxylic acids is 1. The topological polar surface area (TPSA) is 26.3 Å². The van der Waals surface area contributed by atoms with Crippen LogP contribution in [-0.4, -0.2) is 17.7 Å². The zero-order valence-corrected chi connectivity index (χ0v) is 7.16. The Balaban J connectivity index is 3.31. The van der Waals surface area contributed by atoms with Crippen LogP contribution in [0.25, 0.3) is 0 Å². The molecule has 0 spiro atoms. The summed E-state index contributed by atoms with van der Waals surface area (Å²) in [6.07, 6.45) is 0. The van der Waals surface area contributed by atoms with Gasteiger partial charge in [0, 0.05) is 6.61 Å². The van der Waals surface area contributed by atoms with Crippen LogP contribution in [0.15, 0.2) is 12.2 Å². The van der Waals surface area contributed by atoms with E-state index < -0.39 is 0 Å². The third kappa shape index (κ3) is 4.58. The van der Waals surface area contributed by atoms with Crippen LogP contribution < -0.4 is 0 Å². The van der Waals surface area contributed by atoms with Crippen LogP contribution >= 0.6 is 11.8 Å². The Morgan fingerprint density at radius 3 is 2.70 bits per heavy atom. The second-order valence-electron chi connectivity index (χ2n) is 1.82. The molecule has 0 heterocycles. The van der Waals surface area contributed by atoms with Gasteiger partial charge in [0.05, 0.1) is 5.94 Å². The molecule has 0 aliphatic heterocycles. The molecule has 0 aliphatic rings. The standard InChI is InChI=1S/C7H12O2S/c1-4-9-5-10-7(8)6(2)3/h2,4-5H2,1,3H3. The van der Waals surface area contributed by atoms with Gasteiger partial charge in [0.25, 0.3) is 0 Å². The van der Waals surface area contributed by atoms with E-state index in [0.29, 0.717) is 18.1 Å². The Hall–Kier alpha value is -0.280. The number of carbonyl (C=O) groups is 1. The molecule has 0 aromatic rings. The first kappa shape index (κ1) is 9.72. The van der Waals surface area contributed by atoms with E-state index in [1.54, 1.807) is 6.92 Å². The molecule has 0 aliphatic carbocycles. The van der Waals surface area contributed by atoms with Crippen LogP contribution in [0.3, 0.4) is 0 Å². The number of hydrogen-bond donors (Lipinski definition) is 0. The molecule has 0 saturated heterocycles. The smallest absolute Gasteiger partial charge is 0.216 e. The summed E-state index contributed by atoms with van der Waals surface area (Å²) in [5.74, 6) is 0.433. The molecule has 3 heteroatoms. The summed E-state index contributed by atoms with van der Waals surface area (Å²) in [5.41, 5.74) is 0.574. The van der Waals surface area contributed by atoms with Crippen LogP contribution in [0, 0.1) is 0 Å². The molecular formula is C7H12O2S. The Morgan fingerprint density at radius 2 is 2.30 bits per heavy atom. The first-order chi connectivity index (χ1) is 4.68. The van der Waals surface area contributed by atoms with Crippen molar-refractivity contribution in [2.45, 2.75) is 13.8 Å². The fraction of sp³-hybridized carbons (Fsp3) is 0.571. The lowest BCUT2D eigenvalue weighted by molar-refractivity contribution is -0.107. The Bertz CT molecular complexity index is 132. The molecule has 0 fully saturated rings. The highest BCUT2D eigenvalue weighted by atomic mass is 32.2. The minimum Gasteiger partial charge on any atom is -0.371 e. The van der Waals surface area contributed by atoms with Crippen molar-refractivity contribution in [3.63, 3.8) is 0 Å². The SMILES string of the molecule is C=C(C)C(=O)SCOCC. The van der Waals surface area contributed by atoms with Crippen molar-refractivity contribution < 1.29 is 9.53 Å². The molecule has 58 valence electrons. The molecule has 0 aromatic carbocycles. The highest BCUT2D eigenvalue weighted by Gasteiger charge is 2.00. The van der Waals surface area contributed by atoms with Crippen molar-refractivity contribution >= 4 is 16.9 Å². The molecule has 0 bridgehead atoms. The zero-order valence-electron chi connectivity index (χ0n) is 6.35. The maximum Gasteiger partial charge on any atom is 0.216 e. The summed E-state index contributed by atoms with van der Waals surface area (Å²) in [6.45, 7) is 7.75. The average molecular weight is 160 g/mol. The molecule has 0 rings (SSSR count). The Morgan fingerprint density at radius 1 is 1.70 bits per heavy atom. The Labute approximate surface area is 65.6 Å². The molecule has 0 N–H and O–H groups in total. The summed E-state index contributed by atoms with van der Waals surface area (Å²) < 4.78 is 4.96. The highest BCUT2D eigenvalue weighted by Crippen LogP contribution is 2.07. The lowest BCUT2D eigenvalue weighted by atomic mass is 10.4. The highest BCUT2D eigenvalue weighted by molar-refractivity contribution is 8.14. The lowest BCUT2D eigenvalue weighted by Crippen LogP contribution is -1.96. The summed E-state index contributed by atoms with van der Waals surface area (Å²) >= 11 is 1.15. The van der Waals surface area contributed by atoms with Crippen molar-refractivity contribution in [3.8, 4) is 0 Å². The second kappa shape index (κ2) is 5.50. The van der Waals surface area contributed by atoms with Crippen LogP contribution in [0.4, 0.5) is 0 Å². The van der Waals surface area contributed by atoms with Crippen LogP contribution in [-0.2, 0) is 9.53 Å². The van der Waals surface area contributed by atoms with Gasteiger partial charge in [0.2, 0.25) is 5.12 Å². The largest absolute Gasteiger partial charge is 0.371 e. The molecule has 0 radical (unpaired) electrons. The van der Waals surface area contributed by atoms with E-state index in [0.717, 1.165) is 11.8 Å². The monoisotopic (exact) mass is 160 g/mol. The predicted octanol–water partition coefficient (Wildman–Crippen LogP) is 1.82. The number of hydrogen-bond acceptors (Lipinski definition) is 3. The quantitative estimate of drug-likeness (QED) is 0.356. The summed E-state index contributed by atoms with van der Waals surface area (Å²) in [7, 11) is 0. The number of rotatable bonds is 4. The molecule has 0 atom stereocenters. The minimum absolute atomic E-state index is 0.00782. The van der Waals surface area contributed by atoms with E-state index >= 15 is 0 Å². The van der Waals surface area contributed by atoms with Gasteiger partial charge in [0.1, 0.15) is 0 Å². The van der Waals surface area contributed by atoms with E-state index in [1.807, 2.05) is 6.92 Å². The van der Waals surface area contributed by atoms with Crippen molar-refractivity contribution in [2.24, 2.45) is 0 Å². The van der Waals surface area contributed by atoms with Gasteiger partial charge in [0.15, 0.2) is 0 Å². The first-order valence-electron chi connectivity index (χ1n) is 3.08. The predicted molar refractivity (Wildman–Crippen MR) is 43.9 cm³/mol. The maximum absolute atomic E-state index is 10.8. The summed E-state index contributed by atoms with van der Waals surface area (Å²) in [6, 6.07) is 0. The first-order valence-corrected chi connectivity index (χ1v) is 4.07. The average Bonchev–Trinajstić information content (AvgIpc) is 1.88. The van der Waals surface area contributed by atoms with Crippen molar-refractivity contribution in [1.29, 1.82) is 0 Å². The fourth-order valence-corrected chi connectivity index (χ4v) is 0.905. The van der Waals surface area contributed by atoms with Crippen molar-refractivity contribution in [2.75, 3.05) is 12.5 Å². The van der Waals surface area contributed by atoms with Gasteiger partial charge in [-0.15, -0.1) is 0 Å². The molecule has 0 aromatic heterocycles. The fourth-order valence-electron chi connectivity index (χ4n) is 0.302. The van der Waals surface area contributed by atoms with Gasteiger partial charge < -0.3 is 4.74 Å². The molecule has 0 saturated carbocycles. The third-order valence-electron chi connectivity index (χ3n) is 0.826. The van der Waals surface area contributed by atoms with E-state index in [4.69, 9.17) is 4.74 Å². The van der Waals surface area contributed by atoms with E-state index in [1.165, 1.54) is 0 Å². The third-order valence-corrected chi connectivity index (χ3v) is 1.72.